The first kappa shape index (κ1) is 20.3. The lowest BCUT2D eigenvalue weighted by atomic mass is 10.1. The van der Waals surface area contributed by atoms with Gasteiger partial charge in [-0.2, -0.15) is 0 Å². The lowest BCUT2D eigenvalue weighted by molar-refractivity contribution is -0.119. The number of nitrogens with two attached hydrogens (primary N) is 1. The number of rotatable bonds is 9. The normalized spacial score (nSPS) is 12.4. The predicted molar refractivity (Wildman–Crippen MR) is 112 cm³/mol. The summed E-state index contributed by atoms with van der Waals surface area (Å²) in [7, 11) is 0. The number of aromatic nitrogens is 2. The number of carbonyl (C=O) groups excluding carboxylic acids is 1. The molecule has 0 spiro atoms. The SMILES string of the molecule is CCOCCn1c(CN[C@@H](C)C(N)=O)nc2cc(Cl)c(-c3ccccc3)cc21. The minimum atomic E-state index is -0.441. The Bertz CT molecular complexity index is 956. The van der Waals surface area contributed by atoms with Gasteiger partial charge in [0, 0.05) is 18.7 Å². The first-order valence-corrected chi connectivity index (χ1v) is 9.73. The number of imidazole rings is 1. The van der Waals surface area contributed by atoms with Gasteiger partial charge in [0.1, 0.15) is 5.82 Å². The predicted octanol–water partition coefficient (Wildman–Crippen LogP) is 3.36. The van der Waals surface area contributed by atoms with Crippen LogP contribution < -0.4 is 11.1 Å². The molecule has 6 nitrogen and oxygen atoms in total. The van der Waals surface area contributed by atoms with Crippen LogP contribution >= 0.6 is 11.6 Å². The Kier molecular flexibility index (Phi) is 6.67. The molecule has 3 rings (SSSR count). The van der Waals surface area contributed by atoms with Crippen LogP contribution in [0.1, 0.15) is 19.7 Å². The lowest BCUT2D eigenvalue weighted by Crippen LogP contribution is -2.38. The number of hydrogen-bond donors (Lipinski definition) is 2. The van der Waals surface area contributed by atoms with Crippen LogP contribution in [0.2, 0.25) is 5.02 Å². The van der Waals surface area contributed by atoms with Gasteiger partial charge in [-0.3, -0.25) is 10.1 Å². The average molecular weight is 401 g/mol. The van der Waals surface area contributed by atoms with Gasteiger partial charge < -0.3 is 15.0 Å². The molecule has 1 amide bonds. The molecular weight excluding hydrogens is 376 g/mol. The second-order valence-corrected chi connectivity index (χ2v) is 6.98. The van der Waals surface area contributed by atoms with Crippen LogP contribution in [0.15, 0.2) is 42.5 Å². The van der Waals surface area contributed by atoms with Gasteiger partial charge in [-0.1, -0.05) is 41.9 Å². The average Bonchev–Trinajstić information content (AvgIpc) is 3.02. The summed E-state index contributed by atoms with van der Waals surface area (Å²) in [6.45, 7) is 6.01. The molecule has 0 saturated heterocycles. The highest BCUT2D eigenvalue weighted by molar-refractivity contribution is 6.34. The van der Waals surface area contributed by atoms with E-state index < -0.39 is 11.9 Å². The van der Waals surface area contributed by atoms with Gasteiger partial charge in [-0.25, -0.2) is 4.98 Å². The summed E-state index contributed by atoms with van der Waals surface area (Å²) in [6, 6.07) is 13.5. The molecule has 0 fully saturated rings. The Hall–Kier alpha value is -2.41. The van der Waals surface area contributed by atoms with Crippen LogP contribution in [0.4, 0.5) is 0 Å². The smallest absolute Gasteiger partial charge is 0.234 e. The van der Waals surface area contributed by atoms with Crippen molar-refractivity contribution < 1.29 is 9.53 Å². The van der Waals surface area contributed by atoms with Crippen LogP contribution in [-0.4, -0.2) is 34.7 Å². The van der Waals surface area contributed by atoms with Crippen LogP contribution in [0.5, 0.6) is 0 Å². The van der Waals surface area contributed by atoms with Gasteiger partial charge in [-0.15, -0.1) is 0 Å². The molecule has 1 aromatic heterocycles. The summed E-state index contributed by atoms with van der Waals surface area (Å²) in [6.07, 6.45) is 0. The molecule has 0 bridgehead atoms. The van der Waals surface area contributed by atoms with Crippen molar-refractivity contribution in [3.8, 4) is 11.1 Å². The highest BCUT2D eigenvalue weighted by Gasteiger charge is 2.16. The van der Waals surface area contributed by atoms with E-state index in [4.69, 9.17) is 27.1 Å². The van der Waals surface area contributed by atoms with Crippen molar-refractivity contribution >= 4 is 28.5 Å². The van der Waals surface area contributed by atoms with Crippen molar-refractivity contribution in [1.29, 1.82) is 0 Å². The first-order chi connectivity index (χ1) is 13.5. The molecule has 28 heavy (non-hydrogen) atoms. The molecule has 0 aliphatic carbocycles. The maximum absolute atomic E-state index is 11.3. The van der Waals surface area contributed by atoms with Gasteiger partial charge in [0.25, 0.3) is 0 Å². The van der Waals surface area contributed by atoms with Gasteiger partial charge in [0.15, 0.2) is 0 Å². The molecule has 0 aliphatic heterocycles. The minimum Gasteiger partial charge on any atom is -0.380 e. The van der Waals surface area contributed by atoms with Crippen LogP contribution in [0.25, 0.3) is 22.2 Å². The fraction of sp³-hybridized carbons (Fsp3) is 0.333. The van der Waals surface area contributed by atoms with Crippen molar-refractivity contribution in [2.75, 3.05) is 13.2 Å². The molecule has 1 atom stereocenters. The summed E-state index contributed by atoms with van der Waals surface area (Å²) < 4.78 is 7.65. The van der Waals surface area contributed by atoms with Crippen molar-refractivity contribution in [2.45, 2.75) is 33.0 Å². The summed E-state index contributed by atoms with van der Waals surface area (Å²) >= 11 is 6.54. The molecule has 2 aromatic carbocycles. The van der Waals surface area contributed by atoms with E-state index >= 15 is 0 Å². The number of nitrogens with one attached hydrogen (secondary N) is 1. The molecule has 3 aromatic rings. The number of benzene rings is 2. The van der Waals surface area contributed by atoms with Gasteiger partial charge in [-0.05, 0) is 31.5 Å². The molecule has 7 heteroatoms. The third kappa shape index (κ3) is 4.52. The lowest BCUT2D eigenvalue weighted by Gasteiger charge is -2.13. The summed E-state index contributed by atoms with van der Waals surface area (Å²) in [5.41, 5.74) is 9.14. The summed E-state index contributed by atoms with van der Waals surface area (Å²) in [5, 5.41) is 3.77. The van der Waals surface area contributed by atoms with Crippen LogP contribution in [0, 0.1) is 0 Å². The van der Waals surface area contributed by atoms with Crippen molar-refractivity contribution in [1.82, 2.24) is 14.9 Å². The number of halogens is 1. The Morgan fingerprint density at radius 3 is 2.75 bits per heavy atom. The second kappa shape index (κ2) is 9.19. The Labute approximate surface area is 169 Å². The molecular formula is C21H25ClN4O2. The largest absolute Gasteiger partial charge is 0.380 e. The third-order valence-electron chi connectivity index (χ3n) is 4.66. The van der Waals surface area contributed by atoms with E-state index in [-0.39, 0.29) is 0 Å². The molecule has 0 unspecified atom stereocenters. The summed E-state index contributed by atoms with van der Waals surface area (Å²) in [4.78, 5) is 16.1. The molecule has 3 N–H and O–H groups in total. The fourth-order valence-electron chi connectivity index (χ4n) is 3.06. The van der Waals surface area contributed by atoms with E-state index in [0.717, 1.165) is 28.0 Å². The second-order valence-electron chi connectivity index (χ2n) is 6.57. The van der Waals surface area contributed by atoms with Crippen molar-refractivity contribution in [2.24, 2.45) is 5.73 Å². The number of hydrogen-bond acceptors (Lipinski definition) is 4. The van der Waals surface area contributed by atoms with Crippen molar-refractivity contribution in [3.05, 3.63) is 53.3 Å². The topological polar surface area (TPSA) is 82.2 Å². The molecule has 0 radical (unpaired) electrons. The maximum Gasteiger partial charge on any atom is 0.234 e. The summed E-state index contributed by atoms with van der Waals surface area (Å²) in [5.74, 6) is 0.412. The molecule has 0 saturated carbocycles. The minimum absolute atomic E-state index is 0.397. The van der Waals surface area contributed by atoms with E-state index in [1.165, 1.54) is 0 Å². The molecule has 148 valence electrons. The van der Waals surface area contributed by atoms with Crippen LogP contribution in [-0.2, 0) is 22.6 Å². The van der Waals surface area contributed by atoms with Crippen LogP contribution in [0.3, 0.4) is 0 Å². The Morgan fingerprint density at radius 1 is 1.32 bits per heavy atom. The highest BCUT2D eigenvalue weighted by Crippen LogP contribution is 2.32. The number of amides is 1. The molecule has 0 aliphatic rings. The maximum atomic E-state index is 11.3. The zero-order valence-electron chi connectivity index (χ0n) is 16.1. The highest BCUT2D eigenvalue weighted by atomic mass is 35.5. The van der Waals surface area contributed by atoms with E-state index in [0.29, 0.717) is 31.3 Å². The Balaban J connectivity index is 2.02. The third-order valence-corrected chi connectivity index (χ3v) is 4.97. The zero-order chi connectivity index (χ0) is 20.1. The van der Waals surface area contributed by atoms with Gasteiger partial charge >= 0.3 is 0 Å². The van der Waals surface area contributed by atoms with E-state index in [1.54, 1.807) is 6.92 Å². The monoisotopic (exact) mass is 400 g/mol. The van der Waals surface area contributed by atoms with Gasteiger partial charge in [0.05, 0.1) is 35.2 Å². The van der Waals surface area contributed by atoms with Gasteiger partial charge in [0.2, 0.25) is 5.91 Å². The number of ether oxygens (including phenoxy) is 1. The number of nitrogens with zero attached hydrogens (tertiary/aromatic N) is 2. The number of carbonyl (C=O) groups is 1. The molecule has 1 heterocycles. The fourth-order valence-corrected chi connectivity index (χ4v) is 3.33. The van der Waals surface area contributed by atoms with E-state index in [2.05, 4.69) is 16.0 Å². The Morgan fingerprint density at radius 2 is 2.07 bits per heavy atom. The first-order valence-electron chi connectivity index (χ1n) is 9.35. The number of fused-ring (bicyclic) bond motifs is 1. The van der Waals surface area contributed by atoms with E-state index in [1.807, 2.05) is 43.3 Å². The number of primary amides is 1. The standard InChI is InChI=1S/C21H25ClN4O2/c1-3-28-10-9-26-19-11-16(15-7-5-4-6-8-15)17(22)12-18(19)25-20(26)13-24-14(2)21(23)27/h4-8,11-12,14,24H,3,9-10,13H2,1-2H3,(H2,23,27)/t14-/m0/s1. The van der Waals surface area contributed by atoms with Crippen molar-refractivity contribution in [3.63, 3.8) is 0 Å². The quantitative estimate of drug-likeness (QED) is 0.539. The van der Waals surface area contributed by atoms with E-state index in [9.17, 15) is 4.79 Å². The zero-order valence-corrected chi connectivity index (χ0v) is 16.9.